The highest BCUT2D eigenvalue weighted by molar-refractivity contribution is 7.85. The molecule has 3 rings (SSSR count). The third-order valence-corrected chi connectivity index (χ3v) is 4.12. The number of fused-ring (bicyclic) bond motifs is 1. The minimum absolute atomic E-state index is 0.156. The Bertz CT molecular complexity index is 774. The van der Waals surface area contributed by atoms with E-state index >= 15 is 0 Å². The molecule has 0 spiro atoms. The van der Waals surface area contributed by atoms with Crippen LogP contribution in [0.15, 0.2) is 42.5 Å². The second-order valence-electron chi connectivity index (χ2n) is 4.74. The van der Waals surface area contributed by atoms with Crippen LogP contribution in [0.3, 0.4) is 0 Å². The van der Waals surface area contributed by atoms with Crippen LogP contribution in [0.4, 0.5) is 0 Å². The van der Waals surface area contributed by atoms with Gasteiger partial charge in [0, 0.05) is 18.2 Å². The van der Waals surface area contributed by atoms with Crippen LogP contribution < -0.4 is 18.4 Å². The first-order valence-electron chi connectivity index (χ1n) is 6.64. The highest BCUT2D eigenvalue weighted by atomic mass is 32.2. The Kier molecular flexibility index (Phi) is 3.91. The number of nitrogens with one attached hydrogen (secondary N) is 1. The molecular weight excluding hydrogens is 306 g/mol. The van der Waals surface area contributed by atoms with Crippen LogP contribution in [-0.4, -0.2) is 15.5 Å². The average Bonchev–Trinajstić information content (AvgIpc) is 2.52. The Labute approximate surface area is 128 Å². The predicted octanol–water partition coefficient (Wildman–Crippen LogP) is 2.00. The third kappa shape index (κ3) is 3.15. The molecule has 0 aromatic heterocycles. The molecule has 0 fully saturated rings. The summed E-state index contributed by atoms with van der Waals surface area (Å²) in [5.74, 6) is 1.21. The molecular formula is C15H15NO5S. The van der Waals surface area contributed by atoms with Gasteiger partial charge >= 0.3 is 10.3 Å². The highest BCUT2D eigenvalue weighted by Crippen LogP contribution is 2.37. The van der Waals surface area contributed by atoms with E-state index in [1.165, 1.54) is 13.2 Å². The molecule has 116 valence electrons. The van der Waals surface area contributed by atoms with E-state index in [0.717, 1.165) is 5.56 Å². The quantitative estimate of drug-likeness (QED) is 0.932. The maximum absolute atomic E-state index is 11.4. The van der Waals surface area contributed by atoms with Gasteiger partial charge in [0.2, 0.25) is 0 Å². The summed E-state index contributed by atoms with van der Waals surface area (Å²) in [5.41, 5.74) is 1.72. The normalized spacial score (nSPS) is 15.5. The van der Waals surface area contributed by atoms with E-state index in [9.17, 15) is 8.42 Å². The molecule has 0 saturated heterocycles. The number of benzene rings is 2. The second-order valence-corrected chi connectivity index (χ2v) is 6.11. The van der Waals surface area contributed by atoms with E-state index in [0.29, 0.717) is 23.7 Å². The number of hydrogen-bond acceptors (Lipinski definition) is 5. The van der Waals surface area contributed by atoms with Gasteiger partial charge in [0.05, 0.1) is 7.11 Å². The summed E-state index contributed by atoms with van der Waals surface area (Å²) in [4.78, 5) is 0. The minimum atomic E-state index is -3.74. The van der Waals surface area contributed by atoms with Crippen LogP contribution in [-0.2, 0) is 23.5 Å². The maximum Gasteiger partial charge on any atom is 0.382 e. The molecule has 1 aliphatic rings. The zero-order valence-corrected chi connectivity index (χ0v) is 12.7. The molecule has 1 N–H and O–H groups in total. The minimum Gasteiger partial charge on any atom is -0.493 e. The number of hydrogen-bond donors (Lipinski definition) is 1. The summed E-state index contributed by atoms with van der Waals surface area (Å²) >= 11 is 0. The van der Waals surface area contributed by atoms with Gasteiger partial charge in [0.1, 0.15) is 6.61 Å². The van der Waals surface area contributed by atoms with Crippen LogP contribution >= 0.6 is 0 Å². The van der Waals surface area contributed by atoms with E-state index in [1.807, 2.05) is 30.3 Å². The van der Waals surface area contributed by atoms with E-state index in [1.54, 1.807) is 6.07 Å². The van der Waals surface area contributed by atoms with Gasteiger partial charge in [-0.05, 0) is 11.6 Å². The summed E-state index contributed by atoms with van der Waals surface area (Å²) < 4.78 is 41.0. The monoisotopic (exact) mass is 321 g/mol. The molecule has 6 nitrogen and oxygen atoms in total. The number of rotatable bonds is 4. The lowest BCUT2D eigenvalue weighted by Gasteiger charge is -2.20. The molecule has 2 aromatic carbocycles. The van der Waals surface area contributed by atoms with Gasteiger partial charge in [-0.15, -0.1) is 0 Å². The zero-order valence-electron chi connectivity index (χ0n) is 11.9. The van der Waals surface area contributed by atoms with Gasteiger partial charge in [-0.3, -0.25) is 0 Å². The van der Waals surface area contributed by atoms with Crippen molar-refractivity contribution < 1.29 is 22.1 Å². The Morgan fingerprint density at radius 1 is 1.18 bits per heavy atom. The van der Waals surface area contributed by atoms with Crippen molar-refractivity contribution >= 4 is 10.3 Å². The van der Waals surface area contributed by atoms with E-state index in [4.69, 9.17) is 13.7 Å². The van der Waals surface area contributed by atoms with Crippen molar-refractivity contribution in [3.05, 3.63) is 53.6 Å². The van der Waals surface area contributed by atoms with Crippen LogP contribution in [0.2, 0.25) is 0 Å². The molecule has 0 bridgehead atoms. The van der Waals surface area contributed by atoms with Crippen molar-refractivity contribution in [3.63, 3.8) is 0 Å². The molecule has 0 saturated carbocycles. The lowest BCUT2D eigenvalue weighted by molar-refractivity contribution is 0.283. The van der Waals surface area contributed by atoms with Crippen LogP contribution in [0.1, 0.15) is 11.1 Å². The van der Waals surface area contributed by atoms with Crippen molar-refractivity contribution in [2.75, 3.05) is 7.11 Å². The lowest BCUT2D eigenvalue weighted by Crippen LogP contribution is -2.32. The van der Waals surface area contributed by atoms with Gasteiger partial charge in [-0.2, -0.15) is 13.1 Å². The summed E-state index contributed by atoms with van der Waals surface area (Å²) in [6.07, 6.45) is 0. The molecule has 7 heteroatoms. The fourth-order valence-electron chi connectivity index (χ4n) is 2.12. The van der Waals surface area contributed by atoms with Gasteiger partial charge in [-0.1, -0.05) is 30.3 Å². The topological polar surface area (TPSA) is 73.9 Å². The first-order valence-corrected chi connectivity index (χ1v) is 8.05. The lowest BCUT2D eigenvalue weighted by atomic mass is 10.1. The van der Waals surface area contributed by atoms with Gasteiger partial charge in [0.25, 0.3) is 0 Å². The molecule has 1 aliphatic heterocycles. The Morgan fingerprint density at radius 3 is 2.68 bits per heavy atom. The molecule has 0 atom stereocenters. The van der Waals surface area contributed by atoms with Crippen LogP contribution in [0.5, 0.6) is 17.2 Å². The van der Waals surface area contributed by atoms with Crippen LogP contribution in [0, 0.1) is 0 Å². The summed E-state index contributed by atoms with van der Waals surface area (Å²) in [6.45, 7) is 0.548. The van der Waals surface area contributed by atoms with Gasteiger partial charge < -0.3 is 13.7 Å². The summed E-state index contributed by atoms with van der Waals surface area (Å²) in [6, 6.07) is 13.0. The smallest absolute Gasteiger partial charge is 0.382 e. The standard InChI is InChI=1S/C15H15NO5S/c1-19-14-8-13-12(9-16-22(17,18)21-13)7-15(14)20-10-11-5-3-2-4-6-11/h2-8,16H,9-10H2,1H3. The predicted molar refractivity (Wildman–Crippen MR) is 80.2 cm³/mol. The third-order valence-electron chi connectivity index (χ3n) is 3.22. The largest absolute Gasteiger partial charge is 0.493 e. The molecule has 0 unspecified atom stereocenters. The Hall–Kier alpha value is -2.25. The fraction of sp³-hybridized carbons (Fsp3) is 0.200. The zero-order chi connectivity index (χ0) is 15.6. The summed E-state index contributed by atoms with van der Waals surface area (Å²) in [5, 5.41) is 0. The first kappa shape index (κ1) is 14.7. The summed E-state index contributed by atoms with van der Waals surface area (Å²) in [7, 11) is -2.24. The SMILES string of the molecule is COc1cc2c(cc1OCc1ccccc1)CNS(=O)(=O)O2. The molecule has 0 radical (unpaired) electrons. The van der Waals surface area contributed by atoms with Crippen molar-refractivity contribution in [3.8, 4) is 17.2 Å². The van der Waals surface area contributed by atoms with Gasteiger partial charge in [0.15, 0.2) is 17.2 Å². The second kappa shape index (κ2) is 5.86. The fourth-order valence-corrected chi connectivity index (χ4v) is 2.90. The number of methoxy groups -OCH3 is 1. The van der Waals surface area contributed by atoms with Crippen molar-refractivity contribution in [1.82, 2.24) is 4.72 Å². The molecule has 1 heterocycles. The van der Waals surface area contributed by atoms with Crippen molar-refractivity contribution in [2.45, 2.75) is 13.2 Å². The number of ether oxygens (including phenoxy) is 2. The highest BCUT2D eigenvalue weighted by Gasteiger charge is 2.24. The van der Waals surface area contributed by atoms with Crippen molar-refractivity contribution in [2.24, 2.45) is 0 Å². The Balaban J connectivity index is 1.85. The van der Waals surface area contributed by atoms with E-state index in [-0.39, 0.29) is 12.3 Å². The Morgan fingerprint density at radius 2 is 1.95 bits per heavy atom. The van der Waals surface area contributed by atoms with E-state index < -0.39 is 10.3 Å². The molecule has 0 amide bonds. The van der Waals surface area contributed by atoms with Crippen LogP contribution in [0.25, 0.3) is 0 Å². The van der Waals surface area contributed by atoms with Gasteiger partial charge in [-0.25, -0.2) is 0 Å². The first-order chi connectivity index (χ1) is 10.6. The average molecular weight is 321 g/mol. The molecule has 0 aliphatic carbocycles. The molecule has 22 heavy (non-hydrogen) atoms. The maximum atomic E-state index is 11.4. The molecule has 2 aromatic rings. The van der Waals surface area contributed by atoms with Crippen molar-refractivity contribution in [1.29, 1.82) is 0 Å². The van der Waals surface area contributed by atoms with E-state index in [2.05, 4.69) is 4.72 Å².